The van der Waals surface area contributed by atoms with Crippen LogP contribution in [0, 0.1) is 11.7 Å². The SMILES string of the molecule is O=C(O)c1cccc2c1N[C@H](c1ccccc1F)[C@H]1CC=C[C@H]21. The lowest BCUT2D eigenvalue weighted by Gasteiger charge is -2.38. The number of hydrogen-bond donors (Lipinski definition) is 2. The summed E-state index contributed by atoms with van der Waals surface area (Å²) >= 11 is 0. The highest BCUT2D eigenvalue weighted by Gasteiger charge is 2.40. The van der Waals surface area contributed by atoms with Gasteiger partial charge in [-0.2, -0.15) is 0 Å². The van der Waals surface area contributed by atoms with Crippen LogP contribution in [0.15, 0.2) is 54.6 Å². The quantitative estimate of drug-likeness (QED) is 0.811. The summed E-state index contributed by atoms with van der Waals surface area (Å²) in [7, 11) is 0. The molecular weight excluding hydrogens is 293 g/mol. The third-order valence-electron chi connectivity index (χ3n) is 4.87. The van der Waals surface area contributed by atoms with Crippen molar-refractivity contribution in [2.45, 2.75) is 18.4 Å². The van der Waals surface area contributed by atoms with E-state index in [4.69, 9.17) is 0 Å². The van der Waals surface area contributed by atoms with Gasteiger partial charge in [0.15, 0.2) is 0 Å². The largest absolute Gasteiger partial charge is 0.478 e. The number of carboxylic acid groups (broad SMARTS) is 1. The zero-order chi connectivity index (χ0) is 16.0. The van der Waals surface area contributed by atoms with E-state index < -0.39 is 5.97 Å². The number of nitrogens with one attached hydrogen (secondary N) is 1. The smallest absolute Gasteiger partial charge is 0.337 e. The van der Waals surface area contributed by atoms with E-state index in [0.29, 0.717) is 11.3 Å². The number of benzene rings is 2. The average Bonchev–Trinajstić information content (AvgIpc) is 3.04. The fourth-order valence-corrected chi connectivity index (χ4v) is 3.83. The van der Waals surface area contributed by atoms with E-state index in [1.165, 1.54) is 6.07 Å². The number of fused-ring (bicyclic) bond motifs is 3. The van der Waals surface area contributed by atoms with Gasteiger partial charge in [-0.25, -0.2) is 9.18 Å². The second kappa shape index (κ2) is 5.23. The van der Waals surface area contributed by atoms with Gasteiger partial charge in [0.25, 0.3) is 0 Å². The van der Waals surface area contributed by atoms with E-state index in [2.05, 4.69) is 17.5 Å². The fraction of sp³-hybridized carbons (Fsp3) is 0.211. The molecule has 0 saturated carbocycles. The highest BCUT2D eigenvalue weighted by Crippen LogP contribution is 2.50. The Hall–Kier alpha value is -2.62. The molecular formula is C19H16FNO2. The van der Waals surface area contributed by atoms with Crippen LogP contribution in [-0.2, 0) is 0 Å². The lowest BCUT2D eigenvalue weighted by molar-refractivity contribution is 0.0697. The number of para-hydroxylation sites is 1. The summed E-state index contributed by atoms with van der Waals surface area (Å²) in [6, 6.07) is 11.8. The Morgan fingerprint density at radius 1 is 1.13 bits per heavy atom. The van der Waals surface area contributed by atoms with Crippen molar-refractivity contribution in [3.05, 3.63) is 77.1 Å². The van der Waals surface area contributed by atoms with Gasteiger partial charge in [0, 0.05) is 11.5 Å². The summed E-state index contributed by atoms with van der Waals surface area (Å²) in [6.07, 6.45) is 5.07. The third kappa shape index (κ3) is 2.13. The molecule has 23 heavy (non-hydrogen) atoms. The predicted molar refractivity (Wildman–Crippen MR) is 86.2 cm³/mol. The molecule has 0 fully saturated rings. The van der Waals surface area contributed by atoms with Crippen LogP contribution in [0.3, 0.4) is 0 Å². The molecule has 2 N–H and O–H groups in total. The topological polar surface area (TPSA) is 49.3 Å². The number of rotatable bonds is 2. The van der Waals surface area contributed by atoms with Crippen LogP contribution in [0.25, 0.3) is 0 Å². The van der Waals surface area contributed by atoms with Gasteiger partial charge in [-0.15, -0.1) is 0 Å². The van der Waals surface area contributed by atoms with Crippen molar-refractivity contribution in [2.24, 2.45) is 5.92 Å². The van der Waals surface area contributed by atoms with Gasteiger partial charge < -0.3 is 10.4 Å². The molecule has 0 saturated heterocycles. The molecule has 0 unspecified atom stereocenters. The molecule has 2 aliphatic rings. The Morgan fingerprint density at radius 2 is 1.91 bits per heavy atom. The van der Waals surface area contributed by atoms with E-state index in [9.17, 15) is 14.3 Å². The number of aromatic carboxylic acids is 1. The second-order valence-corrected chi connectivity index (χ2v) is 6.07. The van der Waals surface area contributed by atoms with Crippen molar-refractivity contribution in [3.63, 3.8) is 0 Å². The standard InChI is InChI=1S/C19H16FNO2/c20-16-10-2-1-5-14(16)17-12-7-3-6-11(12)13-8-4-9-15(19(22)23)18(13)21-17/h1-6,8-12,17,21H,7H2,(H,22,23)/t11-,12-,17-/m0/s1. The summed E-state index contributed by atoms with van der Waals surface area (Å²) in [6.45, 7) is 0. The van der Waals surface area contributed by atoms with Crippen molar-refractivity contribution >= 4 is 11.7 Å². The summed E-state index contributed by atoms with van der Waals surface area (Å²) in [5.74, 6) is -0.910. The van der Waals surface area contributed by atoms with Gasteiger partial charge in [-0.1, -0.05) is 42.5 Å². The van der Waals surface area contributed by atoms with Crippen molar-refractivity contribution in [3.8, 4) is 0 Å². The monoisotopic (exact) mass is 309 g/mol. The summed E-state index contributed by atoms with van der Waals surface area (Å²) in [5.41, 5.74) is 2.43. The van der Waals surface area contributed by atoms with E-state index in [1.807, 2.05) is 12.1 Å². The Bertz CT molecular complexity index is 815. The molecule has 0 aromatic heterocycles. The second-order valence-electron chi connectivity index (χ2n) is 6.07. The van der Waals surface area contributed by atoms with Crippen LogP contribution in [-0.4, -0.2) is 11.1 Å². The van der Waals surface area contributed by atoms with Gasteiger partial charge in [-0.05, 0) is 30.0 Å². The highest BCUT2D eigenvalue weighted by molar-refractivity contribution is 5.95. The number of carboxylic acids is 1. The van der Waals surface area contributed by atoms with Crippen LogP contribution in [0.1, 0.15) is 39.9 Å². The summed E-state index contributed by atoms with van der Waals surface area (Å²) in [5, 5.41) is 12.8. The maximum atomic E-state index is 14.3. The molecule has 3 nitrogen and oxygen atoms in total. The minimum absolute atomic E-state index is 0.121. The molecule has 0 amide bonds. The van der Waals surface area contributed by atoms with Crippen LogP contribution >= 0.6 is 0 Å². The highest BCUT2D eigenvalue weighted by atomic mass is 19.1. The summed E-state index contributed by atoms with van der Waals surface area (Å²) < 4.78 is 14.3. The molecule has 4 heteroatoms. The molecule has 0 radical (unpaired) electrons. The first kappa shape index (κ1) is 14.0. The lowest BCUT2D eigenvalue weighted by Crippen LogP contribution is -2.30. The molecule has 0 spiro atoms. The van der Waals surface area contributed by atoms with Crippen molar-refractivity contribution in [1.29, 1.82) is 0 Å². The van der Waals surface area contributed by atoms with Gasteiger partial charge >= 0.3 is 5.97 Å². The molecule has 116 valence electrons. The molecule has 1 heterocycles. The molecule has 0 bridgehead atoms. The molecule has 4 rings (SSSR count). The van der Waals surface area contributed by atoms with E-state index >= 15 is 0 Å². The fourth-order valence-electron chi connectivity index (χ4n) is 3.83. The van der Waals surface area contributed by atoms with Gasteiger partial charge in [0.05, 0.1) is 17.3 Å². The Morgan fingerprint density at radius 3 is 2.70 bits per heavy atom. The predicted octanol–water partition coefficient (Wildman–Crippen LogP) is 4.35. The zero-order valence-electron chi connectivity index (χ0n) is 12.4. The van der Waals surface area contributed by atoms with Crippen LogP contribution in [0.5, 0.6) is 0 Å². The number of carbonyl (C=O) groups is 1. The van der Waals surface area contributed by atoms with Crippen molar-refractivity contribution in [1.82, 2.24) is 0 Å². The maximum absolute atomic E-state index is 14.3. The first-order chi connectivity index (χ1) is 11.2. The molecule has 2 aromatic rings. The maximum Gasteiger partial charge on any atom is 0.337 e. The minimum atomic E-state index is -0.970. The molecule has 2 aromatic carbocycles. The van der Waals surface area contributed by atoms with Crippen molar-refractivity contribution < 1.29 is 14.3 Å². The normalized spacial score (nSPS) is 24.7. The van der Waals surface area contributed by atoms with Gasteiger partial charge in [0.2, 0.25) is 0 Å². The number of allylic oxidation sites excluding steroid dienone is 2. The lowest BCUT2D eigenvalue weighted by atomic mass is 9.76. The Balaban J connectivity index is 1.87. The number of hydrogen-bond acceptors (Lipinski definition) is 2. The Kier molecular flexibility index (Phi) is 3.18. The van der Waals surface area contributed by atoms with E-state index in [1.54, 1.807) is 24.3 Å². The van der Waals surface area contributed by atoms with Gasteiger partial charge in [0.1, 0.15) is 5.82 Å². The van der Waals surface area contributed by atoms with Gasteiger partial charge in [-0.3, -0.25) is 0 Å². The third-order valence-corrected chi connectivity index (χ3v) is 4.87. The summed E-state index contributed by atoms with van der Waals surface area (Å²) in [4.78, 5) is 11.5. The molecule has 1 aliphatic carbocycles. The van der Waals surface area contributed by atoms with Crippen molar-refractivity contribution in [2.75, 3.05) is 5.32 Å². The van der Waals surface area contributed by atoms with E-state index in [-0.39, 0.29) is 29.3 Å². The molecule has 1 aliphatic heterocycles. The van der Waals surface area contributed by atoms with Crippen LogP contribution in [0.2, 0.25) is 0 Å². The first-order valence-electron chi connectivity index (χ1n) is 7.70. The van der Waals surface area contributed by atoms with E-state index in [0.717, 1.165) is 12.0 Å². The number of halogens is 1. The zero-order valence-corrected chi connectivity index (χ0v) is 12.4. The number of anilines is 1. The average molecular weight is 309 g/mol. The first-order valence-corrected chi connectivity index (χ1v) is 7.70. The van der Waals surface area contributed by atoms with Crippen LogP contribution < -0.4 is 5.32 Å². The van der Waals surface area contributed by atoms with Crippen LogP contribution in [0.4, 0.5) is 10.1 Å². The minimum Gasteiger partial charge on any atom is -0.478 e. The Labute approximate surface area is 133 Å². The molecule has 3 atom stereocenters.